The van der Waals surface area contributed by atoms with Crippen molar-refractivity contribution in [1.82, 2.24) is 9.97 Å². The molecular formula is C15H26N4O. The van der Waals surface area contributed by atoms with Gasteiger partial charge in [-0.15, -0.1) is 0 Å². The maximum atomic E-state index is 5.60. The van der Waals surface area contributed by atoms with Gasteiger partial charge >= 0.3 is 0 Å². The van der Waals surface area contributed by atoms with Gasteiger partial charge in [0.15, 0.2) is 0 Å². The van der Waals surface area contributed by atoms with Crippen LogP contribution in [0.4, 0.5) is 11.6 Å². The van der Waals surface area contributed by atoms with Crippen molar-refractivity contribution in [1.29, 1.82) is 0 Å². The zero-order chi connectivity index (χ0) is 14.5. The third-order valence-corrected chi connectivity index (χ3v) is 3.80. The molecule has 1 fully saturated rings. The number of hydrogen-bond acceptors (Lipinski definition) is 5. The lowest BCUT2D eigenvalue weighted by Gasteiger charge is -2.37. The van der Waals surface area contributed by atoms with Gasteiger partial charge < -0.3 is 15.0 Å². The Morgan fingerprint density at radius 1 is 1.30 bits per heavy atom. The van der Waals surface area contributed by atoms with Gasteiger partial charge in [-0.25, -0.2) is 9.97 Å². The average Bonchev–Trinajstić information content (AvgIpc) is 2.49. The van der Waals surface area contributed by atoms with E-state index in [1.807, 2.05) is 0 Å². The molecule has 0 saturated carbocycles. The summed E-state index contributed by atoms with van der Waals surface area (Å²) in [7, 11) is 0. The van der Waals surface area contributed by atoms with Crippen LogP contribution in [-0.2, 0) is 11.2 Å². The molecule has 1 unspecified atom stereocenters. The first kappa shape index (κ1) is 15.0. The Kier molecular flexibility index (Phi) is 5.17. The minimum absolute atomic E-state index is 0.413. The van der Waals surface area contributed by atoms with E-state index < -0.39 is 0 Å². The van der Waals surface area contributed by atoms with Crippen molar-refractivity contribution in [3.8, 4) is 0 Å². The maximum Gasteiger partial charge on any atom is 0.137 e. The first-order valence-electron chi connectivity index (χ1n) is 7.66. The van der Waals surface area contributed by atoms with Crippen LogP contribution in [0.25, 0.3) is 0 Å². The molecule has 0 bridgehead atoms. The van der Waals surface area contributed by atoms with E-state index in [9.17, 15) is 0 Å². The van der Waals surface area contributed by atoms with E-state index in [1.165, 1.54) is 0 Å². The van der Waals surface area contributed by atoms with Crippen LogP contribution in [0.15, 0.2) is 0 Å². The van der Waals surface area contributed by atoms with E-state index in [0.29, 0.717) is 6.04 Å². The van der Waals surface area contributed by atoms with Gasteiger partial charge in [-0.2, -0.15) is 0 Å². The molecule has 0 radical (unpaired) electrons. The number of nitrogens with one attached hydrogen (secondary N) is 1. The number of morpholine rings is 1. The number of hydrogen-bond donors (Lipinski definition) is 1. The Labute approximate surface area is 121 Å². The molecule has 0 aliphatic carbocycles. The van der Waals surface area contributed by atoms with Gasteiger partial charge in [-0.3, -0.25) is 0 Å². The molecule has 0 amide bonds. The monoisotopic (exact) mass is 278 g/mol. The average molecular weight is 278 g/mol. The molecule has 5 heteroatoms. The van der Waals surface area contributed by atoms with Crippen LogP contribution in [0.3, 0.4) is 0 Å². The summed E-state index contributed by atoms with van der Waals surface area (Å²) >= 11 is 0. The second-order valence-electron chi connectivity index (χ2n) is 5.15. The quantitative estimate of drug-likeness (QED) is 0.896. The topological polar surface area (TPSA) is 50.3 Å². The van der Waals surface area contributed by atoms with Crippen LogP contribution < -0.4 is 10.2 Å². The minimum atomic E-state index is 0.413. The lowest BCUT2D eigenvalue weighted by Crippen LogP contribution is -2.46. The number of anilines is 2. The SMILES string of the molecule is CCNc1nc(CC)nc(N2CCOCC2CC)c1C. The second kappa shape index (κ2) is 6.88. The number of aromatic nitrogens is 2. The van der Waals surface area contributed by atoms with Gasteiger partial charge in [0.1, 0.15) is 17.5 Å². The highest BCUT2D eigenvalue weighted by atomic mass is 16.5. The van der Waals surface area contributed by atoms with E-state index in [1.54, 1.807) is 0 Å². The molecular weight excluding hydrogens is 252 g/mol. The van der Waals surface area contributed by atoms with Crippen LogP contribution >= 0.6 is 0 Å². The van der Waals surface area contributed by atoms with Gasteiger partial charge in [0.05, 0.1) is 19.3 Å². The summed E-state index contributed by atoms with van der Waals surface area (Å²) in [5.74, 6) is 2.95. The zero-order valence-electron chi connectivity index (χ0n) is 13.1. The Morgan fingerprint density at radius 2 is 2.10 bits per heavy atom. The molecule has 2 heterocycles. The molecule has 1 N–H and O–H groups in total. The minimum Gasteiger partial charge on any atom is -0.377 e. The molecule has 5 nitrogen and oxygen atoms in total. The summed E-state index contributed by atoms with van der Waals surface area (Å²) in [6.45, 7) is 11.8. The first-order chi connectivity index (χ1) is 9.71. The van der Waals surface area contributed by atoms with E-state index >= 15 is 0 Å². The first-order valence-corrected chi connectivity index (χ1v) is 7.66. The molecule has 20 heavy (non-hydrogen) atoms. The Morgan fingerprint density at radius 3 is 2.75 bits per heavy atom. The van der Waals surface area contributed by atoms with Gasteiger partial charge in [0.25, 0.3) is 0 Å². The largest absolute Gasteiger partial charge is 0.377 e. The summed E-state index contributed by atoms with van der Waals surface area (Å²) < 4.78 is 5.60. The second-order valence-corrected chi connectivity index (χ2v) is 5.15. The predicted octanol–water partition coefficient (Wildman–Crippen LogP) is 2.39. The number of nitrogens with zero attached hydrogens (tertiary/aromatic N) is 3. The highest BCUT2D eigenvalue weighted by Crippen LogP contribution is 2.27. The van der Waals surface area contributed by atoms with Crippen LogP contribution in [0, 0.1) is 6.92 Å². The molecule has 1 saturated heterocycles. The Bertz CT molecular complexity index is 450. The molecule has 1 aliphatic heterocycles. The lowest BCUT2D eigenvalue weighted by atomic mass is 10.1. The number of rotatable bonds is 5. The highest BCUT2D eigenvalue weighted by molar-refractivity contribution is 5.59. The fourth-order valence-electron chi connectivity index (χ4n) is 2.60. The molecule has 1 aromatic rings. The fraction of sp³-hybridized carbons (Fsp3) is 0.733. The molecule has 1 aromatic heterocycles. The Hall–Kier alpha value is -1.36. The third-order valence-electron chi connectivity index (χ3n) is 3.80. The van der Waals surface area contributed by atoms with Crippen molar-refractivity contribution in [3.05, 3.63) is 11.4 Å². The normalized spacial score (nSPS) is 19.2. The smallest absolute Gasteiger partial charge is 0.137 e. The van der Waals surface area contributed by atoms with Gasteiger partial charge in [-0.1, -0.05) is 13.8 Å². The van der Waals surface area contributed by atoms with Crippen molar-refractivity contribution in [2.45, 2.75) is 46.6 Å². The summed E-state index contributed by atoms with van der Waals surface area (Å²) in [5.41, 5.74) is 1.14. The summed E-state index contributed by atoms with van der Waals surface area (Å²) in [5, 5.41) is 3.35. The molecule has 1 aliphatic rings. The van der Waals surface area contributed by atoms with Crippen LogP contribution in [0.1, 0.15) is 38.6 Å². The fourth-order valence-corrected chi connectivity index (χ4v) is 2.60. The van der Waals surface area contributed by atoms with Crippen LogP contribution in [0.5, 0.6) is 0 Å². The predicted molar refractivity (Wildman–Crippen MR) is 82.6 cm³/mol. The van der Waals surface area contributed by atoms with Gasteiger partial charge in [-0.05, 0) is 20.3 Å². The summed E-state index contributed by atoms with van der Waals surface area (Å²) in [4.78, 5) is 11.8. The molecule has 112 valence electrons. The summed E-state index contributed by atoms with van der Waals surface area (Å²) in [6, 6.07) is 0.413. The molecule has 2 rings (SSSR count). The molecule has 1 atom stereocenters. The standard InChI is InChI=1S/C15H26N4O/c1-5-12-10-20-9-8-19(12)15-11(4)14(16-7-3)17-13(6-2)18-15/h12H,5-10H2,1-4H3,(H,16,17,18). The lowest BCUT2D eigenvalue weighted by molar-refractivity contribution is 0.0925. The number of ether oxygens (including phenoxy) is 1. The van der Waals surface area contributed by atoms with E-state index in [0.717, 1.165) is 62.2 Å². The molecule has 0 aromatic carbocycles. The van der Waals surface area contributed by atoms with Crippen LogP contribution in [-0.4, -0.2) is 42.3 Å². The van der Waals surface area contributed by atoms with Crippen molar-refractivity contribution in [2.75, 3.05) is 36.5 Å². The third kappa shape index (κ3) is 3.03. The van der Waals surface area contributed by atoms with E-state index in [4.69, 9.17) is 9.72 Å². The van der Waals surface area contributed by atoms with Crippen molar-refractivity contribution in [3.63, 3.8) is 0 Å². The number of aryl methyl sites for hydroxylation is 1. The zero-order valence-corrected chi connectivity index (χ0v) is 13.1. The van der Waals surface area contributed by atoms with Gasteiger partial charge in [0, 0.05) is 25.1 Å². The summed E-state index contributed by atoms with van der Waals surface area (Å²) in [6.07, 6.45) is 1.92. The van der Waals surface area contributed by atoms with Crippen LogP contribution in [0.2, 0.25) is 0 Å². The van der Waals surface area contributed by atoms with Gasteiger partial charge in [0.2, 0.25) is 0 Å². The Balaban J connectivity index is 2.40. The van der Waals surface area contributed by atoms with Crippen molar-refractivity contribution >= 4 is 11.6 Å². The highest BCUT2D eigenvalue weighted by Gasteiger charge is 2.25. The van der Waals surface area contributed by atoms with E-state index in [2.05, 4.69) is 42.9 Å². The molecule has 0 spiro atoms. The van der Waals surface area contributed by atoms with Crippen molar-refractivity contribution < 1.29 is 4.74 Å². The van der Waals surface area contributed by atoms with Crippen molar-refractivity contribution in [2.24, 2.45) is 0 Å². The maximum absolute atomic E-state index is 5.60. The van der Waals surface area contributed by atoms with E-state index in [-0.39, 0.29) is 0 Å².